The molecule has 0 radical (unpaired) electrons. The Bertz CT molecular complexity index is 643. The zero-order valence-electron chi connectivity index (χ0n) is 12.6. The lowest BCUT2D eigenvalue weighted by atomic mass is 9.55. The molecule has 118 valence electrons. The first-order valence-electron chi connectivity index (χ1n) is 8.13. The van der Waals surface area contributed by atoms with Crippen molar-refractivity contribution in [1.29, 1.82) is 0 Å². The molecule has 0 saturated heterocycles. The van der Waals surface area contributed by atoms with E-state index in [1.807, 2.05) is 6.07 Å². The van der Waals surface area contributed by atoms with Crippen molar-refractivity contribution in [3.63, 3.8) is 0 Å². The number of carbonyl (C=O) groups is 1. The van der Waals surface area contributed by atoms with Crippen LogP contribution in [0.15, 0.2) is 18.2 Å². The molecule has 1 aromatic carbocycles. The lowest BCUT2D eigenvalue weighted by Gasteiger charge is -2.51. The van der Waals surface area contributed by atoms with Crippen LogP contribution in [0.5, 0.6) is 5.75 Å². The molecule has 1 aromatic rings. The summed E-state index contributed by atoms with van der Waals surface area (Å²) in [7, 11) is 0. The maximum atomic E-state index is 12.8. The number of hydrogen-bond acceptors (Lipinski definition) is 3. The van der Waals surface area contributed by atoms with Crippen LogP contribution in [0.2, 0.25) is 0 Å². The van der Waals surface area contributed by atoms with Gasteiger partial charge in [-0.25, -0.2) is 0 Å². The maximum Gasteiger partial charge on any atom is 0.177 e. The topological polar surface area (TPSA) is 57.5 Å². The number of aliphatic hydroxyl groups excluding tert-OH is 1. The first-order chi connectivity index (χ1) is 10.4. The molecular formula is C18H21BrO3. The van der Waals surface area contributed by atoms with E-state index in [1.54, 1.807) is 12.1 Å². The summed E-state index contributed by atoms with van der Waals surface area (Å²) in [5, 5.41) is 20.1. The van der Waals surface area contributed by atoms with E-state index in [4.69, 9.17) is 0 Å². The lowest BCUT2D eigenvalue weighted by molar-refractivity contribution is -0.0189. The molecule has 2 saturated carbocycles. The SMILES string of the molecule is C[C@]12CC[C@@H]3c4ccc(O)cc4C(=O)C(Br)[C@H]3[C@@H]1CC[C@@H]2O. The van der Waals surface area contributed by atoms with Crippen LogP contribution in [0.4, 0.5) is 0 Å². The number of phenolic OH excluding ortho intramolecular Hbond substituents is 1. The quantitative estimate of drug-likeness (QED) is 0.691. The van der Waals surface area contributed by atoms with Crippen molar-refractivity contribution < 1.29 is 15.0 Å². The van der Waals surface area contributed by atoms with Crippen LogP contribution in [0, 0.1) is 17.3 Å². The van der Waals surface area contributed by atoms with Crippen LogP contribution in [0.1, 0.15) is 54.4 Å². The molecule has 3 nitrogen and oxygen atoms in total. The van der Waals surface area contributed by atoms with Gasteiger partial charge in [0.2, 0.25) is 0 Å². The monoisotopic (exact) mass is 364 g/mol. The van der Waals surface area contributed by atoms with Crippen molar-refractivity contribution >= 4 is 21.7 Å². The van der Waals surface area contributed by atoms with Crippen molar-refractivity contribution in [2.24, 2.45) is 17.3 Å². The summed E-state index contributed by atoms with van der Waals surface area (Å²) < 4.78 is 0. The van der Waals surface area contributed by atoms with E-state index in [-0.39, 0.29) is 33.8 Å². The zero-order chi connectivity index (χ0) is 15.6. The second-order valence-electron chi connectivity index (χ2n) is 7.47. The standard InChI is InChI=1S/C18H21BrO3/c1-18-7-6-11-10-3-2-9(20)8-12(10)17(22)16(19)15(11)13(18)4-5-14(18)21/h2-3,8,11,13-16,20-21H,4-7H2,1H3/t11-,13+,14+,15-,16?,18+/m1/s1. The molecule has 0 bridgehead atoms. The van der Waals surface area contributed by atoms with Crippen molar-refractivity contribution in [3.8, 4) is 5.75 Å². The molecular weight excluding hydrogens is 344 g/mol. The van der Waals surface area contributed by atoms with Crippen LogP contribution in [0.3, 0.4) is 0 Å². The molecule has 22 heavy (non-hydrogen) atoms. The molecule has 2 N–H and O–H groups in total. The largest absolute Gasteiger partial charge is 0.508 e. The van der Waals surface area contributed by atoms with E-state index in [0.717, 1.165) is 31.2 Å². The number of aromatic hydroxyl groups is 1. The van der Waals surface area contributed by atoms with Crippen molar-refractivity contribution in [1.82, 2.24) is 0 Å². The smallest absolute Gasteiger partial charge is 0.177 e. The van der Waals surface area contributed by atoms with Crippen LogP contribution >= 0.6 is 15.9 Å². The Morgan fingerprint density at radius 1 is 1.27 bits per heavy atom. The molecule has 4 heteroatoms. The molecule has 0 aromatic heterocycles. The van der Waals surface area contributed by atoms with Crippen LogP contribution in [0.25, 0.3) is 0 Å². The highest BCUT2D eigenvalue weighted by Crippen LogP contribution is 2.61. The molecule has 0 aliphatic heterocycles. The van der Waals surface area contributed by atoms with Crippen LogP contribution in [-0.4, -0.2) is 26.9 Å². The summed E-state index contributed by atoms with van der Waals surface area (Å²) >= 11 is 3.66. The number of carbonyl (C=O) groups excluding carboxylic acids is 1. The zero-order valence-corrected chi connectivity index (χ0v) is 14.2. The van der Waals surface area contributed by atoms with Gasteiger partial charge in [0.15, 0.2) is 5.78 Å². The fourth-order valence-electron chi connectivity index (χ4n) is 5.34. The maximum absolute atomic E-state index is 12.8. The summed E-state index contributed by atoms with van der Waals surface area (Å²) in [5.41, 5.74) is 1.71. The third-order valence-electron chi connectivity index (χ3n) is 6.57. The van der Waals surface area contributed by atoms with E-state index in [1.165, 1.54) is 0 Å². The molecule has 3 aliphatic carbocycles. The molecule has 2 fully saturated rings. The predicted octanol–water partition coefficient (Wildman–Crippen LogP) is 3.62. The van der Waals surface area contributed by atoms with Gasteiger partial charge in [-0.3, -0.25) is 4.79 Å². The van der Waals surface area contributed by atoms with Gasteiger partial charge >= 0.3 is 0 Å². The lowest BCUT2D eigenvalue weighted by Crippen LogP contribution is -2.49. The number of benzene rings is 1. The predicted molar refractivity (Wildman–Crippen MR) is 87.5 cm³/mol. The number of hydrogen-bond donors (Lipinski definition) is 2. The molecule has 4 rings (SSSR count). The summed E-state index contributed by atoms with van der Waals surface area (Å²) in [6.45, 7) is 2.20. The van der Waals surface area contributed by atoms with E-state index in [9.17, 15) is 15.0 Å². The van der Waals surface area contributed by atoms with Gasteiger partial charge in [0.05, 0.1) is 10.9 Å². The third-order valence-corrected chi connectivity index (χ3v) is 7.60. The van der Waals surface area contributed by atoms with E-state index in [0.29, 0.717) is 17.4 Å². The number of phenols is 1. The number of aliphatic hydroxyl groups is 1. The van der Waals surface area contributed by atoms with Gasteiger partial charge < -0.3 is 10.2 Å². The number of fused-ring (bicyclic) bond motifs is 5. The van der Waals surface area contributed by atoms with Gasteiger partial charge in [-0.15, -0.1) is 0 Å². The molecule has 0 spiro atoms. The minimum Gasteiger partial charge on any atom is -0.508 e. The van der Waals surface area contributed by atoms with E-state index >= 15 is 0 Å². The van der Waals surface area contributed by atoms with Crippen molar-refractivity contribution in [2.75, 3.05) is 0 Å². The van der Waals surface area contributed by atoms with Crippen molar-refractivity contribution in [2.45, 2.75) is 49.5 Å². The number of halogens is 1. The molecule has 0 amide bonds. The molecule has 1 unspecified atom stereocenters. The Kier molecular flexibility index (Phi) is 3.22. The van der Waals surface area contributed by atoms with Gasteiger partial charge in [0, 0.05) is 5.56 Å². The number of rotatable bonds is 0. The van der Waals surface area contributed by atoms with Gasteiger partial charge in [0.1, 0.15) is 5.75 Å². The van der Waals surface area contributed by atoms with Gasteiger partial charge in [-0.1, -0.05) is 28.9 Å². The fourth-order valence-corrected chi connectivity index (χ4v) is 6.33. The normalized spacial score (nSPS) is 43.4. The molecule has 0 heterocycles. The van der Waals surface area contributed by atoms with Crippen LogP contribution in [-0.2, 0) is 0 Å². The summed E-state index contributed by atoms with van der Waals surface area (Å²) in [4.78, 5) is 12.6. The second-order valence-corrected chi connectivity index (χ2v) is 8.45. The Morgan fingerprint density at radius 3 is 2.82 bits per heavy atom. The average Bonchev–Trinajstić information content (AvgIpc) is 2.80. The number of alkyl halides is 1. The molecule has 6 atom stereocenters. The highest BCUT2D eigenvalue weighted by molar-refractivity contribution is 9.10. The summed E-state index contributed by atoms with van der Waals surface area (Å²) in [6, 6.07) is 5.22. The van der Waals surface area contributed by atoms with E-state index < -0.39 is 0 Å². The summed E-state index contributed by atoms with van der Waals surface area (Å²) in [5.74, 6) is 1.22. The Morgan fingerprint density at radius 2 is 2.05 bits per heavy atom. The van der Waals surface area contributed by atoms with E-state index in [2.05, 4.69) is 22.9 Å². The first-order valence-corrected chi connectivity index (χ1v) is 9.04. The van der Waals surface area contributed by atoms with Gasteiger partial charge in [0.25, 0.3) is 0 Å². The summed E-state index contributed by atoms with van der Waals surface area (Å²) in [6.07, 6.45) is 3.62. The number of Topliss-reactive ketones (excluding diaryl/α,β-unsaturated/α-hetero) is 1. The fraction of sp³-hybridized carbons (Fsp3) is 0.611. The molecule has 3 aliphatic rings. The third kappa shape index (κ3) is 1.80. The Balaban J connectivity index is 1.82. The second kappa shape index (κ2) is 4.81. The highest BCUT2D eigenvalue weighted by Gasteiger charge is 2.57. The van der Waals surface area contributed by atoms with Crippen LogP contribution < -0.4 is 0 Å². The minimum atomic E-state index is -0.241. The minimum absolute atomic E-state index is 0.0537. The van der Waals surface area contributed by atoms with Gasteiger partial charge in [-0.2, -0.15) is 0 Å². The van der Waals surface area contributed by atoms with Gasteiger partial charge in [-0.05, 0) is 66.5 Å². The first kappa shape index (κ1) is 14.7. The average molecular weight is 365 g/mol. The Hall–Kier alpha value is -0.870. The Labute approximate surface area is 138 Å². The highest BCUT2D eigenvalue weighted by atomic mass is 79.9. The van der Waals surface area contributed by atoms with Crippen molar-refractivity contribution in [3.05, 3.63) is 29.3 Å². The number of ketones is 1.